The van der Waals surface area contributed by atoms with Gasteiger partial charge in [0, 0.05) is 5.39 Å². The standard InChI is InChI=1S/C13H14N2O2/c1-13(2,3)17-12(16)11-8-9-6-4-5-7-10(9)14-15-11/h4-8H,1-3H3. The summed E-state index contributed by atoms with van der Waals surface area (Å²) >= 11 is 0. The lowest BCUT2D eigenvalue weighted by Gasteiger charge is -2.18. The maximum absolute atomic E-state index is 11.8. The van der Waals surface area contributed by atoms with Crippen molar-refractivity contribution in [1.82, 2.24) is 10.2 Å². The highest BCUT2D eigenvalue weighted by molar-refractivity contribution is 5.91. The number of benzene rings is 1. The van der Waals surface area contributed by atoms with Crippen LogP contribution < -0.4 is 0 Å². The summed E-state index contributed by atoms with van der Waals surface area (Å²) in [6, 6.07) is 9.20. The van der Waals surface area contributed by atoms with E-state index in [0.717, 1.165) is 10.9 Å². The third-order valence-electron chi connectivity index (χ3n) is 2.10. The number of fused-ring (bicyclic) bond motifs is 1. The van der Waals surface area contributed by atoms with Gasteiger partial charge in [0.2, 0.25) is 0 Å². The van der Waals surface area contributed by atoms with Gasteiger partial charge in [-0.15, -0.1) is 10.2 Å². The second kappa shape index (κ2) is 4.13. The SMILES string of the molecule is CC(C)(C)OC(=O)c1cc2ccccc2nn1. The molecule has 0 bridgehead atoms. The number of hydrogen-bond acceptors (Lipinski definition) is 4. The molecule has 1 aromatic carbocycles. The number of carbonyl (C=O) groups is 1. The van der Waals surface area contributed by atoms with E-state index in [1.54, 1.807) is 6.07 Å². The second-order valence-electron chi connectivity index (χ2n) is 4.79. The lowest BCUT2D eigenvalue weighted by molar-refractivity contribution is 0.00619. The normalized spacial score (nSPS) is 11.5. The minimum atomic E-state index is -0.523. The molecule has 0 saturated heterocycles. The topological polar surface area (TPSA) is 52.1 Å². The summed E-state index contributed by atoms with van der Waals surface area (Å²) in [5.74, 6) is -0.448. The van der Waals surface area contributed by atoms with Crippen LogP contribution in [0.4, 0.5) is 0 Å². The average Bonchev–Trinajstić information content (AvgIpc) is 2.26. The van der Waals surface area contributed by atoms with Crippen molar-refractivity contribution < 1.29 is 9.53 Å². The Morgan fingerprint density at radius 3 is 2.59 bits per heavy atom. The van der Waals surface area contributed by atoms with Gasteiger partial charge < -0.3 is 4.74 Å². The number of nitrogens with zero attached hydrogens (tertiary/aromatic N) is 2. The Morgan fingerprint density at radius 1 is 1.18 bits per heavy atom. The molecule has 4 heteroatoms. The molecular weight excluding hydrogens is 216 g/mol. The van der Waals surface area contributed by atoms with Crippen LogP contribution in [-0.4, -0.2) is 21.8 Å². The zero-order valence-corrected chi connectivity index (χ0v) is 10.1. The molecule has 0 radical (unpaired) electrons. The fraction of sp³-hybridized carbons (Fsp3) is 0.308. The minimum Gasteiger partial charge on any atom is -0.455 e. The Bertz CT molecular complexity index is 559. The summed E-state index contributed by atoms with van der Waals surface area (Å²) in [6.45, 7) is 5.46. The molecule has 0 aliphatic heterocycles. The summed E-state index contributed by atoms with van der Waals surface area (Å²) < 4.78 is 5.23. The quantitative estimate of drug-likeness (QED) is 0.706. The number of esters is 1. The molecule has 0 amide bonds. The van der Waals surface area contributed by atoms with Gasteiger partial charge in [0.25, 0.3) is 0 Å². The highest BCUT2D eigenvalue weighted by Gasteiger charge is 2.19. The molecule has 0 aliphatic carbocycles. The van der Waals surface area contributed by atoms with Crippen LogP contribution >= 0.6 is 0 Å². The zero-order valence-electron chi connectivity index (χ0n) is 10.1. The third-order valence-corrected chi connectivity index (χ3v) is 2.10. The number of hydrogen-bond donors (Lipinski definition) is 0. The van der Waals surface area contributed by atoms with E-state index in [9.17, 15) is 4.79 Å². The molecule has 1 aromatic heterocycles. The van der Waals surface area contributed by atoms with Crippen molar-refractivity contribution in [3.8, 4) is 0 Å². The van der Waals surface area contributed by atoms with Gasteiger partial charge in [0.05, 0.1) is 5.52 Å². The van der Waals surface area contributed by atoms with Gasteiger partial charge >= 0.3 is 5.97 Å². The Labute approximate surface area is 99.6 Å². The lowest BCUT2D eigenvalue weighted by Crippen LogP contribution is -2.24. The summed E-state index contributed by atoms with van der Waals surface area (Å²) in [7, 11) is 0. The Balaban J connectivity index is 2.33. The molecule has 2 rings (SSSR count). The largest absolute Gasteiger partial charge is 0.455 e. The first kappa shape index (κ1) is 11.5. The first-order valence-electron chi connectivity index (χ1n) is 5.41. The van der Waals surface area contributed by atoms with Crippen molar-refractivity contribution in [3.63, 3.8) is 0 Å². The molecule has 1 heterocycles. The second-order valence-corrected chi connectivity index (χ2v) is 4.79. The third kappa shape index (κ3) is 2.78. The van der Waals surface area contributed by atoms with Gasteiger partial charge in [-0.2, -0.15) is 0 Å². The monoisotopic (exact) mass is 230 g/mol. The van der Waals surface area contributed by atoms with Crippen LogP contribution in [0.3, 0.4) is 0 Å². The Morgan fingerprint density at radius 2 is 1.88 bits per heavy atom. The molecule has 0 saturated carbocycles. The van der Waals surface area contributed by atoms with Crippen molar-refractivity contribution in [2.45, 2.75) is 26.4 Å². The Hall–Kier alpha value is -1.97. The highest BCUT2D eigenvalue weighted by Crippen LogP contribution is 2.14. The summed E-state index contributed by atoms with van der Waals surface area (Å²) in [5.41, 5.74) is 0.475. The number of carbonyl (C=O) groups excluding carboxylic acids is 1. The molecule has 0 atom stereocenters. The summed E-state index contributed by atoms with van der Waals surface area (Å²) in [4.78, 5) is 11.8. The molecule has 0 fully saturated rings. The first-order chi connectivity index (χ1) is 7.96. The predicted octanol–water partition coefficient (Wildman–Crippen LogP) is 2.59. The smallest absolute Gasteiger partial charge is 0.359 e. The molecule has 88 valence electrons. The maximum atomic E-state index is 11.8. The number of aromatic nitrogens is 2. The van der Waals surface area contributed by atoms with Gasteiger partial charge in [-0.25, -0.2) is 4.79 Å². The van der Waals surface area contributed by atoms with Crippen LogP contribution in [0.25, 0.3) is 10.9 Å². The van der Waals surface area contributed by atoms with Crippen molar-refractivity contribution in [2.75, 3.05) is 0 Å². The van der Waals surface area contributed by atoms with Gasteiger partial charge in [-0.05, 0) is 32.9 Å². The fourth-order valence-corrected chi connectivity index (χ4v) is 1.41. The molecule has 0 spiro atoms. The molecule has 2 aromatic rings. The maximum Gasteiger partial charge on any atom is 0.359 e. The van der Waals surface area contributed by atoms with E-state index >= 15 is 0 Å². The lowest BCUT2D eigenvalue weighted by atomic mass is 10.2. The predicted molar refractivity (Wildman–Crippen MR) is 64.7 cm³/mol. The molecule has 0 aliphatic rings. The van der Waals surface area contributed by atoms with Crippen LogP contribution in [0.15, 0.2) is 30.3 Å². The summed E-state index contributed by atoms with van der Waals surface area (Å²) in [6.07, 6.45) is 0. The molecular formula is C13H14N2O2. The van der Waals surface area contributed by atoms with Crippen LogP contribution in [0.5, 0.6) is 0 Å². The van der Waals surface area contributed by atoms with Crippen molar-refractivity contribution in [2.24, 2.45) is 0 Å². The molecule has 17 heavy (non-hydrogen) atoms. The summed E-state index contributed by atoms with van der Waals surface area (Å²) in [5, 5.41) is 8.73. The van der Waals surface area contributed by atoms with Crippen LogP contribution in [0, 0.1) is 0 Å². The van der Waals surface area contributed by atoms with Crippen LogP contribution in [-0.2, 0) is 4.74 Å². The van der Waals surface area contributed by atoms with Crippen molar-refractivity contribution in [1.29, 1.82) is 0 Å². The van der Waals surface area contributed by atoms with Crippen LogP contribution in [0.2, 0.25) is 0 Å². The van der Waals surface area contributed by atoms with Crippen molar-refractivity contribution in [3.05, 3.63) is 36.0 Å². The Kier molecular flexibility index (Phi) is 2.79. The van der Waals surface area contributed by atoms with Crippen LogP contribution in [0.1, 0.15) is 31.3 Å². The van der Waals surface area contributed by atoms with E-state index in [2.05, 4.69) is 10.2 Å². The van der Waals surface area contributed by atoms with E-state index < -0.39 is 11.6 Å². The van der Waals surface area contributed by atoms with E-state index in [-0.39, 0.29) is 5.69 Å². The van der Waals surface area contributed by atoms with Gasteiger partial charge in [0.15, 0.2) is 5.69 Å². The number of ether oxygens (including phenoxy) is 1. The van der Waals surface area contributed by atoms with Crippen molar-refractivity contribution >= 4 is 16.9 Å². The fourth-order valence-electron chi connectivity index (χ4n) is 1.41. The molecule has 4 nitrogen and oxygen atoms in total. The van der Waals surface area contributed by atoms with E-state index in [4.69, 9.17) is 4.74 Å². The average molecular weight is 230 g/mol. The number of rotatable bonds is 1. The highest BCUT2D eigenvalue weighted by atomic mass is 16.6. The van der Waals surface area contributed by atoms with Gasteiger partial charge in [0.1, 0.15) is 5.60 Å². The van der Waals surface area contributed by atoms with E-state index in [0.29, 0.717) is 0 Å². The minimum absolute atomic E-state index is 0.235. The molecule has 0 unspecified atom stereocenters. The van der Waals surface area contributed by atoms with Gasteiger partial charge in [-0.3, -0.25) is 0 Å². The van der Waals surface area contributed by atoms with E-state index in [1.807, 2.05) is 45.0 Å². The van der Waals surface area contributed by atoms with E-state index in [1.165, 1.54) is 0 Å². The molecule has 0 N–H and O–H groups in total. The first-order valence-corrected chi connectivity index (χ1v) is 5.41. The zero-order chi connectivity index (χ0) is 12.5. The van der Waals surface area contributed by atoms with Gasteiger partial charge in [-0.1, -0.05) is 18.2 Å².